The Balaban J connectivity index is 1.82. The Morgan fingerprint density at radius 3 is 2.52 bits per heavy atom. The van der Waals surface area contributed by atoms with Crippen molar-refractivity contribution in [2.45, 2.75) is 6.10 Å². The van der Waals surface area contributed by atoms with Gasteiger partial charge in [-0.3, -0.25) is 9.59 Å². The van der Waals surface area contributed by atoms with Gasteiger partial charge in [-0.25, -0.2) is 4.39 Å². The molecule has 0 fully saturated rings. The summed E-state index contributed by atoms with van der Waals surface area (Å²) in [6, 6.07) is 8.13. The van der Waals surface area contributed by atoms with Crippen molar-refractivity contribution in [3.8, 4) is 0 Å². The van der Waals surface area contributed by atoms with Gasteiger partial charge in [-0.05, 0) is 36.4 Å². The first-order valence-electron chi connectivity index (χ1n) is 6.12. The Labute approximate surface area is 119 Å². The van der Waals surface area contributed by atoms with E-state index in [4.69, 9.17) is 4.42 Å². The van der Waals surface area contributed by atoms with Gasteiger partial charge in [0.2, 0.25) is 0 Å². The number of benzene rings is 1. The molecule has 1 aromatic carbocycles. The molecule has 2 amide bonds. The third-order valence-electron chi connectivity index (χ3n) is 2.64. The molecule has 21 heavy (non-hydrogen) atoms. The molecule has 0 aliphatic carbocycles. The van der Waals surface area contributed by atoms with Gasteiger partial charge in [0, 0.05) is 5.69 Å². The number of amides is 2. The Morgan fingerprint density at radius 1 is 1.19 bits per heavy atom. The summed E-state index contributed by atoms with van der Waals surface area (Å²) >= 11 is 0. The van der Waals surface area contributed by atoms with Gasteiger partial charge in [-0.2, -0.15) is 0 Å². The van der Waals surface area contributed by atoms with E-state index in [1.54, 1.807) is 12.1 Å². The monoisotopic (exact) mass is 292 g/mol. The molecule has 0 aliphatic heterocycles. The molecule has 1 atom stereocenters. The molecule has 1 unspecified atom stereocenters. The first kappa shape index (κ1) is 14.7. The Morgan fingerprint density at radius 2 is 1.90 bits per heavy atom. The average Bonchev–Trinajstić information content (AvgIpc) is 3.01. The molecule has 2 aromatic rings. The fourth-order valence-electron chi connectivity index (χ4n) is 1.57. The van der Waals surface area contributed by atoms with Crippen LogP contribution in [-0.2, 0) is 9.59 Å². The maximum Gasteiger partial charge on any atom is 0.313 e. The molecule has 1 aromatic heterocycles. The Bertz CT molecular complexity index is 610. The minimum Gasteiger partial charge on any atom is -0.467 e. The first-order chi connectivity index (χ1) is 10.1. The van der Waals surface area contributed by atoms with E-state index in [0.29, 0.717) is 5.69 Å². The van der Waals surface area contributed by atoms with Crippen molar-refractivity contribution in [1.29, 1.82) is 0 Å². The lowest BCUT2D eigenvalue weighted by Gasteiger charge is -2.09. The summed E-state index contributed by atoms with van der Waals surface area (Å²) in [5.74, 6) is -1.98. The van der Waals surface area contributed by atoms with E-state index in [-0.39, 0.29) is 12.3 Å². The normalized spacial score (nSPS) is 11.7. The minimum absolute atomic E-state index is 0.164. The second-order valence-electron chi connectivity index (χ2n) is 4.20. The molecule has 3 N–H and O–H groups in total. The lowest BCUT2D eigenvalue weighted by molar-refractivity contribution is -0.136. The van der Waals surface area contributed by atoms with Crippen molar-refractivity contribution in [2.24, 2.45) is 0 Å². The fraction of sp³-hybridized carbons (Fsp3) is 0.143. The highest BCUT2D eigenvalue weighted by atomic mass is 19.1. The minimum atomic E-state index is -1.04. The maximum absolute atomic E-state index is 12.7. The second kappa shape index (κ2) is 6.67. The zero-order valence-corrected chi connectivity index (χ0v) is 10.9. The number of halogens is 1. The molecule has 110 valence electrons. The third kappa shape index (κ3) is 4.15. The molecule has 1 heterocycles. The lowest BCUT2D eigenvalue weighted by Crippen LogP contribution is -2.37. The average molecular weight is 292 g/mol. The number of hydrogen-bond donors (Lipinski definition) is 3. The summed E-state index contributed by atoms with van der Waals surface area (Å²) in [6.45, 7) is -0.164. The van der Waals surface area contributed by atoms with Crippen molar-refractivity contribution >= 4 is 17.5 Å². The van der Waals surface area contributed by atoms with Crippen LogP contribution in [-0.4, -0.2) is 23.5 Å². The van der Waals surface area contributed by atoms with E-state index in [0.717, 1.165) is 12.1 Å². The quantitative estimate of drug-likeness (QED) is 0.739. The van der Waals surface area contributed by atoms with Gasteiger partial charge in [-0.15, -0.1) is 0 Å². The number of aliphatic hydroxyl groups excluding tert-OH is 1. The predicted molar refractivity (Wildman–Crippen MR) is 71.7 cm³/mol. The van der Waals surface area contributed by atoms with Crippen molar-refractivity contribution in [2.75, 3.05) is 11.9 Å². The van der Waals surface area contributed by atoms with E-state index < -0.39 is 23.7 Å². The lowest BCUT2D eigenvalue weighted by atomic mass is 10.2. The highest BCUT2D eigenvalue weighted by Gasteiger charge is 2.17. The Kier molecular flexibility index (Phi) is 4.68. The summed E-state index contributed by atoms with van der Waals surface area (Å²) in [6.07, 6.45) is 0.351. The van der Waals surface area contributed by atoms with Gasteiger partial charge in [0.1, 0.15) is 17.7 Å². The van der Waals surface area contributed by atoms with Crippen LogP contribution in [0.15, 0.2) is 47.1 Å². The summed E-state index contributed by atoms with van der Waals surface area (Å²) in [5.41, 5.74) is 0.295. The molecule has 0 bridgehead atoms. The van der Waals surface area contributed by atoms with Gasteiger partial charge in [-0.1, -0.05) is 0 Å². The molecule has 0 radical (unpaired) electrons. The maximum atomic E-state index is 12.7. The summed E-state index contributed by atoms with van der Waals surface area (Å²) < 4.78 is 17.7. The summed E-state index contributed by atoms with van der Waals surface area (Å²) in [7, 11) is 0. The molecule has 6 nitrogen and oxygen atoms in total. The number of furan rings is 1. The van der Waals surface area contributed by atoms with E-state index in [1.807, 2.05) is 0 Å². The van der Waals surface area contributed by atoms with Crippen LogP contribution in [0, 0.1) is 5.82 Å². The number of rotatable bonds is 4. The Hall–Kier alpha value is -2.67. The number of hydrogen-bond acceptors (Lipinski definition) is 4. The van der Waals surface area contributed by atoms with Gasteiger partial charge in [0.05, 0.1) is 12.8 Å². The fourth-order valence-corrected chi connectivity index (χ4v) is 1.57. The molecule has 0 spiro atoms. The van der Waals surface area contributed by atoms with Crippen LogP contribution in [0.1, 0.15) is 11.9 Å². The smallest absolute Gasteiger partial charge is 0.313 e. The predicted octanol–water partition coefficient (Wildman–Crippen LogP) is 1.21. The van der Waals surface area contributed by atoms with Crippen LogP contribution >= 0.6 is 0 Å². The van der Waals surface area contributed by atoms with E-state index in [9.17, 15) is 19.1 Å². The third-order valence-corrected chi connectivity index (χ3v) is 2.64. The molecular formula is C14H13FN2O4. The number of carbonyl (C=O) groups is 2. The van der Waals surface area contributed by atoms with Crippen molar-refractivity contribution in [3.05, 3.63) is 54.2 Å². The number of carbonyl (C=O) groups excluding carboxylic acids is 2. The highest BCUT2D eigenvalue weighted by Crippen LogP contribution is 2.11. The van der Waals surface area contributed by atoms with E-state index in [1.165, 1.54) is 18.4 Å². The highest BCUT2D eigenvalue weighted by molar-refractivity contribution is 6.39. The van der Waals surface area contributed by atoms with Gasteiger partial charge in [0.15, 0.2) is 0 Å². The van der Waals surface area contributed by atoms with Gasteiger partial charge >= 0.3 is 11.8 Å². The van der Waals surface area contributed by atoms with E-state index in [2.05, 4.69) is 10.6 Å². The van der Waals surface area contributed by atoms with Crippen LogP contribution in [0.5, 0.6) is 0 Å². The van der Waals surface area contributed by atoms with Crippen LogP contribution in [0.3, 0.4) is 0 Å². The standard InChI is InChI=1S/C14H13FN2O4/c15-9-3-5-10(6-4-9)17-14(20)13(19)16-8-11(18)12-2-1-7-21-12/h1-7,11,18H,8H2,(H,16,19)(H,17,20). The molecule has 2 rings (SSSR count). The molecule has 0 aliphatic rings. The largest absolute Gasteiger partial charge is 0.467 e. The molecule has 0 saturated heterocycles. The number of anilines is 1. The van der Waals surface area contributed by atoms with Crippen LogP contribution in [0.4, 0.5) is 10.1 Å². The summed E-state index contributed by atoms with van der Waals surface area (Å²) in [4.78, 5) is 23.1. The van der Waals surface area contributed by atoms with Crippen molar-refractivity contribution in [1.82, 2.24) is 5.32 Å². The van der Waals surface area contributed by atoms with Gasteiger partial charge < -0.3 is 20.2 Å². The van der Waals surface area contributed by atoms with Gasteiger partial charge in [0.25, 0.3) is 0 Å². The van der Waals surface area contributed by atoms with Crippen molar-refractivity contribution < 1.29 is 23.5 Å². The van der Waals surface area contributed by atoms with Crippen LogP contribution < -0.4 is 10.6 Å². The molecular weight excluding hydrogens is 279 g/mol. The topological polar surface area (TPSA) is 91.6 Å². The molecule has 0 saturated carbocycles. The van der Waals surface area contributed by atoms with E-state index >= 15 is 0 Å². The SMILES string of the molecule is O=C(NCC(O)c1ccco1)C(=O)Nc1ccc(F)cc1. The second-order valence-corrected chi connectivity index (χ2v) is 4.20. The zero-order chi connectivity index (χ0) is 15.2. The molecule has 7 heteroatoms. The van der Waals surface area contributed by atoms with Crippen LogP contribution in [0.2, 0.25) is 0 Å². The van der Waals surface area contributed by atoms with Crippen molar-refractivity contribution in [3.63, 3.8) is 0 Å². The number of nitrogens with one attached hydrogen (secondary N) is 2. The zero-order valence-electron chi connectivity index (χ0n) is 10.9. The summed E-state index contributed by atoms with van der Waals surface area (Å²) in [5, 5.41) is 14.3. The first-order valence-corrected chi connectivity index (χ1v) is 6.12. The number of aliphatic hydroxyl groups is 1. The van der Waals surface area contributed by atoms with Crippen LogP contribution in [0.25, 0.3) is 0 Å².